The third kappa shape index (κ3) is 6.42. The van der Waals surface area contributed by atoms with Crippen LogP contribution in [-0.2, 0) is 0 Å². The lowest BCUT2D eigenvalue weighted by molar-refractivity contribution is 0.688. The number of allylic oxidation sites excluding steroid dienone is 9. The Morgan fingerprint density at radius 3 is 2.84 bits per heavy atom. The van der Waals surface area contributed by atoms with Crippen LogP contribution in [0.25, 0.3) is 0 Å². The third-order valence-electron chi connectivity index (χ3n) is 3.83. The van der Waals surface area contributed by atoms with Crippen molar-refractivity contribution in [3.63, 3.8) is 0 Å². The van der Waals surface area contributed by atoms with E-state index in [1.807, 2.05) is 12.2 Å². The summed E-state index contributed by atoms with van der Waals surface area (Å²) in [7, 11) is 0. The average molecular weight is 256 g/mol. The molecule has 1 rings (SSSR count). The first-order valence-corrected chi connectivity index (χ1v) is 7.55. The van der Waals surface area contributed by atoms with Gasteiger partial charge >= 0.3 is 0 Å². The molecule has 1 aliphatic carbocycles. The van der Waals surface area contributed by atoms with Crippen molar-refractivity contribution >= 4 is 0 Å². The Bertz CT molecular complexity index is 377. The SMILES string of the molecule is C=C/C=C\C(=C/C)CCC/C=C/[C@H]1CC/C(=C\C)C1. The summed E-state index contributed by atoms with van der Waals surface area (Å²) in [6.07, 6.45) is 22.8. The smallest absolute Gasteiger partial charge is 0.0193 e. The zero-order valence-electron chi connectivity index (χ0n) is 12.6. The van der Waals surface area contributed by atoms with Gasteiger partial charge in [-0.15, -0.1) is 0 Å². The molecule has 0 heteroatoms. The average Bonchev–Trinajstić information content (AvgIpc) is 2.90. The van der Waals surface area contributed by atoms with Crippen LogP contribution in [0, 0.1) is 5.92 Å². The first-order chi connectivity index (χ1) is 9.30. The molecule has 1 fully saturated rings. The Hall–Kier alpha value is -1.30. The van der Waals surface area contributed by atoms with Crippen LogP contribution < -0.4 is 0 Å². The number of rotatable bonds is 7. The molecule has 1 saturated carbocycles. The maximum atomic E-state index is 3.70. The molecule has 0 heterocycles. The maximum absolute atomic E-state index is 3.70. The van der Waals surface area contributed by atoms with Gasteiger partial charge in [0.1, 0.15) is 0 Å². The largest absolute Gasteiger partial charge is 0.0991 e. The highest BCUT2D eigenvalue weighted by Crippen LogP contribution is 2.31. The van der Waals surface area contributed by atoms with Crippen LogP contribution in [0.3, 0.4) is 0 Å². The molecule has 0 saturated heterocycles. The van der Waals surface area contributed by atoms with Gasteiger partial charge in [0.2, 0.25) is 0 Å². The van der Waals surface area contributed by atoms with Crippen LogP contribution in [-0.4, -0.2) is 0 Å². The van der Waals surface area contributed by atoms with Crippen molar-refractivity contribution in [1.29, 1.82) is 0 Å². The van der Waals surface area contributed by atoms with Crippen LogP contribution in [0.5, 0.6) is 0 Å². The van der Waals surface area contributed by atoms with E-state index in [0.29, 0.717) is 0 Å². The van der Waals surface area contributed by atoms with E-state index in [9.17, 15) is 0 Å². The molecule has 104 valence electrons. The first kappa shape index (κ1) is 15.8. The molecular formula is C19H28. The Morgan fingerprint density at radius 2 is 2.21 bits per heavy atom. The molecule has 0 nitrogen and oxygen atoms in total. The highest BCUT2D eigenvalue weighted by molar-refractivity contribution is 5.20. The van der Waals surface area contributed by atoms with Gasteiger partial charge in [-0.05, 0) is 58.3 Å². The lowest BCUT2D eigenvalue weighted by atomic mass is 10.0. The Balaban J connectivity index is 2.20. The van der Waals surface area contributed by atoms with E-state index >= 15 is 0 Å². The molecule has 0 aromatic carbocycles. The van der Waals surface area contributed by atoms with Gasteiger partial charge in [0.25, 0.3) is 0 Å². The second kappa shape index (κ2) is 9.61. The van der Waals surface area contributed by atoms with Crippen molar-refractivity contribution in [2.24, 2.45) is 5.92 Å². The van der Waals surface area contributed by atoms with Crippen LogP contribution in [0.4, 0.5) is 0 Å². The van der Waals surface area contributed by atoms with Crippen LogP contribution in [0.2, 0.25) is 0 Å². The van der Waals surface area contributed by atoms with Gasteiger partial charge in [-0.1, -0.05) is 60.3 Å². The summed E-state index contributed by atoms with van der Waals surface area (Å²) < 4.78 is 0. The third-order valence-corrected chi connectivity index (χ3v) is 3.83. The molecule has 0 aliphatic heterocycles. The molecule has 0 radical (unpaired) electrons. The van der Waals surface area contributed by atoms with Crippen molar-refractivity contribution in [2.75, 3.05) is 0 Å². The zero-order chi connectivity index (χ0) is 13.9. The Morgan fingerprint density at radius 1 is 1.37 bits per heavy atom. The summed E-state index contributed by atoms with van der Waals surface area (Å²) in [6, 6.07) is 0. The van der Waals surface area contributed by atoms with Crippen molar-refractivity contribution < 1.29 is 0 Å². The first-order valence-electron chi connectivity index (χ1n) is 7.55. The predicted molar refractivity (Wildman–Crippen MR) is 87.2 cm³/mol. The quantitative estimate of drug-likeness (QED) is 0.291. The standard InChI is InChI=1S/C19H28/c1-4-7-11-17(5-2)12-9-8-10-13-19-15-14-18(6-3)16-19/h4-7,10-11,13,19H,1,8-9,12,14-16H2,2-3H3/b11-7-,13-10+,17-5+,18-6+/t19-/m0/s1. The van der Waals surface area contributed by atoms with E-state index in [1.165, 1.54) is 37.7 Å². The molecule has 0 spiro atoms. The zero-order valence-corrected chi connectivity index (χ0v) is 12.6. The fraction of sp³-hybridized carbons (Fsp3) is 0.474. The highest BCUT2D eigenvalue weighted by Gasteiger charge is 2.15. The summed E-state index contributed by atoms with van der Waals surface area (Å²) >= 11 is 0. The van der Waals surface area contributed by atoms with Gasteiger partial charge < -0.3 is 0 Å². The number of hydrogen-bond acceptors (Lipinski definition) is 0. The van der Waals surface area contributed by atoms with Crippen molar-refractivity contribution in [3.8, 4) is 0 Å². The van der Waals surface area contributed by atoms with Gasteiger partial charge in [-0.3, -0.25) is 0 Å². The second-order valence-electron chi connectivity index (χ2n) is 5.23. The molecule has 0 N–H and O–H groups in total. The molecule has 0 aromatic rings. The summed E-state index contributed by atoms with van der Waals surface area (Å²) in [6.45, 7) is 7.97. The monoisotopic (exact) mass is 256 g/mol. The van der Waals surface area contributed by atoms with Crippen molar-refractivity contribution in [3.05, 3.63) is 60.3 Å². The number of hydrogen-bond donors (Lipinski definition) is 0. The van der Waals surface area contributed by atoms with E-state index in [-0.39, 0.29) is 0 Å². The van der Waals surface area contributed by atoms with Gasteiger partial charge in [0.15, 0.2) is 0 Å². The lowest BCUT2D eigenvalue weighted by Crippen LogP contribution is -1.86. The summed E-state index contributed by atoms with van der Waals surface area (Å²) in [5.74, 6) is 0.799. The maximum Gasteiger partial charge on any atom is -0.0193 e. The fourth-order valence-corrected chi connectivity index (χ4v) is 2.57. The minimum atomic E-state index is 0.799. The summed E-state index contributed by atoms with van der Waals surface area (Å²) in [4.78, 5) is 0. The molecule has 19 heavy (non-hydrogen) atoms. The van der Waals surface area contributed by atoms with Gasteiger partial charge in [-0.2, -0.15) is 0 Å². The van der Waals surface area contributed by atoms with Crippen LogP contribution >= 0.6 is 0 Å². The predicted octanol–water partition coefficient (Wildman–Crippen LogP) is 6.15. The van der Waals surface area contributed by atoms with E-state index in [0.717, 1.165) is 12.3 Å². The lowest BCUT2D eigenvalue weighted by Gasteiger charge is -2.01. The van der Waals surface area contributed by atoms with Crippen LogP contribution in [0.1, 0.15) is 52.4 Å². The van der Waals surface area contributed by atoms with Gasteiger partial charge in [0, 0.05) is 0 Å². The molecule has 0 aromatic heterocycles. The normalized spacial score (nSPS) is 22.9. The minimum absolute atomic E-state index is 0.799. The van der Waals surface area contributed by atoms with E-state index in [2.05, 4.69) is 50.8 Å². The van der Waals surface area contributed by atoms with Gasteiger partial charge in [0.05, 0.1) is 0 Å². The van der Waals surface area contributed by atoms with Crippen LogP contribution in [0.15, 0.2) is 60.3 Å². The molecule has 1 aliphatic rings. The van der Waals surface area contributed by atoms with E-state index in [1.54, 1.807) is 5.57 Å². The van der Waals surface area contributed by atoms with E-state index < -0.39 is 0 Å². The van der Waals surface area contributed by atoms with E-state index in [4.69, 9.17) is 0 Å². The Labute approximate surface area is 119 Å². The molecular weight excluding hydrogens is 228 g/mol. The summed E-state index contributed by atoms with van der Waals surface area (Å²) in [5, 5.41) is 0. The van der Waals surface area contributed by atoms with Crippen molar-refractivity contribution in [2.45, 2.75) is 52.4 Å². The molecule has 1 atom stereocenters. The molecule has 0 amide bonds. The van der Waals surface area contributed by atoms with Crippen molar-refractivity contribution in [1.82, 2.24) is 0 Å². The molecule has 0 bridgehead atoms. The Kier molecular flexibility index (Phi) is 7.97. The highest BCUT2D eigenvalue weighted by atomic mass is 14.2. The second-order valence-corrected chi connectivity index (χ2v) is 5.23. The summed E-state index contributed by atoms with van der Waals surface area (Å²) in [5.41, 5.74) is 3.05. The van der Waals surface area contributed by atoms with Gasteiger partial charge in [-0.25, -0.2) is 0 Å². The number of unbranched alkanes of at least 4 members (excludes halogenated alkanes) is 1. The topological polar surface area (TPSA) is 0 Å². The molecule has 0 unspecified atom stereocenters. The minimum Gasteiger partial charge on any atom is -0.0991 e. The fourth-order valence-electron chi connectivity index (χ4n) is 2.57.